The molecule has 0 saturated heterocycles. The molecule has 0 radical (unpaired) electrons. The normalized spacial score (nSPS) is 9.08. The Balaban J connectivity index is 4.14. The maximum atomic E-state index is 10.7. The van der Waals surface area contributed by atoms with Crippen LogP contribution in [0.25, 0.3) is 0 Å². The third-order valence-corrected chi connectivity index (χ3v) is 1.14. The predicted octanol–water partition coefficient (Wildman–Crippen LogP) is -2.19. The average Bonchev–Trinajstić information content (AvgIpc) is 1.83. The van der Waals surface area contributed by atoms with Gasteiger partial charge in [0.1, 0.15) is 0 Å². The third kappa shape index (κ3) is 4.26. The van der Waals surface area contributed by atoms with Crippen LogP contribution in [0.3, 0.4) is 0 Å². The molecule has 3 amide bonds. The van der Waals surface area contributed by atoms with Gasteiger partial charge in [0.25, 0.3) is 0 Å². The van der Waals surface area contributed by atoms with E-state index in [9.17, 15) is 14.4 Å². The number of carbonyl (C=O) groups is 3. The number of nitrogens with two attached hydrogens (primary N) is 2. The summed E-state index contributed by atoms with van der Waals surface area (Å²) < 4.78 is 0. The van der Waals surface area contributed by atoms with Crippen molar-refractivity contribution in [3.63, 3.8) is 0 Å². The van der Waals surface area contributed by atoms with Gasteiger partial charge in [-0.1, -0.05) is 0 Å². The Kier molecular flexibility index (Phi) is 3.75. The van der Waals surface area contributed by atoms with Crippen LogP contribution in [0.5, 0.6) is 0 Å². The molecule has 0 heterocycles. The summed E-state index contributed by atoms with van der Waals surface area (Å²) >= 11 is 0. The molecule has 0 aromatic rings. The Bertz CT molecular complexity index is 198. The van der Waals surface area contributed by atoms with E-state index in [0.717, 1.165) is 4.90 Å². The van der Waals surface area contributed by atoms with E-state index < -0.39 is 17.7 Å². The number of nitrogens with zero attached hydrogens (tertiary/aromatic N) is 1. The van der Waals surface area contributed by atoms with Gasteiger partial charge in [-0.3, -0.25) is 14.4 Å². The highest BCUT2D eigenvalue weighted by atomic mass is 16.2. The molecule has 0 aromatic carbocycles. The molecule has 6 heteroatoms. The van der Waals surface area contributed by atoms with Gasteiger partial charge in [0.15, 0.2) is 0 Å². The first-order valence-corrected chi connectivity index (χ1v) is 3.25. The fourth-order valence-electron chi connectivity index (χ4n) is 0.655. The van der Waals surface area contributed by atoms with E-state index in [2.05, 4.69) is 0 Å². The second-order valence-corrected chi connectivity index (χ2v) is 2.31. The van der Waals surface area contributed by atoms with Gasteiger partial charge in [0.05, 0.1) is 13.1 Å². The molecule has 0 aliphatic heterocycles. The fourth-order valence-corrected chi connectivity index (χ4v) is 0.655. The number of hydrogen-bond acceptors (Lipinski definition) is 3. The van der Waals surface area contributed by atoms with Crippen molar-refractivity contribution in [2.75, 3.05) is 13.1 Å². The van der Waals surface area contributed by atoms with Crippen LogP contribution in [0, 0.1) is 0 Å². The highest BCUT2D eigenvalue weighted by Gasteiger charge is 2.13. The first-order valence-electron chi connectivity index (χ1n) is 3.25. The summed E-state index contributed by atoms with van der Waals surface area (Å²) in [4.78, 5) is 32.4. The molecule has 0 aromatic heterocycles. The Hall–Kier alpha value is -1.59. The monoisotopic (exact) mass is 173 g/mol. The zero-order valence-electron chi connectivity index (χ0n) is 6.74. The molecule has 0 aliphatic carbocycles. The summed E-state index contributed by atoms with van der Waals surface area (Å²) in [6, 6.07) is 0. The van der Waals surface area contributed by atoms with Crippen LogP contribution in [0.4, 0.5) is 0 Å². The standard InChI is InChI=1S/C6H11N3O3/c1-4(10)9(2-5(7)11)3-6(8)12/h2-3H2,1H3,(H2,7,11)(H2,8,12). The number of hydrogen-bond donors (Lipinski definition) is 2. The summed E-state index contributed by atoms with van der Waals surface area (Å²) in [5.74, 6) is -1.76. The summed E-state index contributed by atoms with van der Waals surface area (Å²) in [5.41, 5.74) is 9.64. The maximum Gasteiger partial charge on any atom is 0.237 e. The van der Waals surface area contributed by atoms with Crippen molar-refractivity contribution in [1.29, 1.82) is 0 Å². The minimum atomic E-state index is -0.675. The Morgan fingerprint density at radius 2 is 1.42 bits per heavy atom. The average molecular weight is 173 g/mol. The van der Waals surface area contributed by atoms with Crippen LogP contribution < -0.4 is 11.5 Å². The molecule has 0 atom stereocenters. The molecule has 0 fully saturated rings. The van der Waals surface area contributed by atoms with Gasteiger partial charge in [-0.25, -0.2) is 0 Å². The second kappa shape index (κ2) is 4.32. The number of rotatable bonds is 4. The SMILES string of the molecule is CC(=O)N(CC(N)=O)CC(N)=O. The lowest BCUT2D eigenvalue weighted by Crippen LogP contribution is -2.42. The van der Waals surface area contributed by atoms with E-state index in [-0.39, 0.29) is 13.1 Å². The van der Waals surface area contributed by atoms with Crippen LogP contribution in [0.1, 0.15) is 6.92 Å². The summed E-state index contributed by atoms with van der Waals surface area (Å²) in [6.07, 6.45) is 0. The molecule has 4 N–H and O–H groups in total. The minimum absolute atomic E-state index is 0.279. The lowest BCUT2D eigenvalue weighted by atomic mass is 10.4. The zero-order chi connectivity index (χ0) is 9.72. The van der Waals surface area contributed by atoms with Gasteiger partial charge in [0.2, 0.25) is 17.7 Å². The van der Waals surface area contributed by atoms with E-state index in [4.69, 9.17) is 11.5 Å². The van der Waals surface area contributed by atoms with Crippen LogP contribution in [-0.4, -0.2) is 35.7 Å². The van der Waals surface area contributed by atoms with Crippen LogP contribution in [0.2, 0.25) is 0 Å². The minimum Gasteiger partial charge on any atom is -0.368 e. The first kappa shape index (κ1) is 10.4. The molecule has 0 saturated carbocycles. The predicted molar refractivity (Wildman–Crippen MR) is 40.6 cm³/mol. The molecular weight excluding hydrogens is 162 g/mol. The molecule has 0 spiro atoms. The van der Waals surface area contributed by atoms with Crippen LogP contribution in [0.15, 0.2) is 0 Å². The Labute approximate surface area is 69.5 Å². The maximum absolute atomic E-state index is 10.7. The van der Waals surface area contributed by atoms with Crippen molar-refractivity contribution in [1.82, 2.24) is 4.90 Å². The molecular formula is C6H11N3O3. The van der Waals surface area contributed by atoms with Crippen molar-refractivity contribution >= 4 is 17.7 Å². The molecule has 0 rings (SSSR count). The van der Waals surface area contributed by atoms with Gasteiger partial charge in [-0.05, 0) is 0 Å². The fraction of sp³-hybridized carbons (Fsp3) is 0.500. The van der Waals surface area contributed by atoms with Crippen molar-refractivity contribution < 1.29 is 14.4 Å². The molecule has 0 unspecified atom stereocenters. The quantitative estimate of drug-likeness (QED) is 0.504. The molecule has 0 aliphatic rings. The van der Waals surface area contributed by atoms with Gasteiger partial charge >= 0.3 is 0 Å². The largest absolute Gasteiger partial charge is 0.368 e. The molecule has 6 nitrogen and oxygen atoms in total. The molecule has 12 heavy (non-hydrogen) atoms. The van der Waals surface area contributed by atoms with Gasteiger partial charge in [0, 0.05) is 6.92 Å². The number of primary amides is 2. The third-order valence-electron chi connectivity index (χ3n) is 1.14. The lowest BCUT2D eigenvalue weighted by Gasteiger charge is -2.16. The number of carbonyl (C=O) groups excluding carboxylic acids is 3. The van der Waals surface area contributed by atoms with E-state index in [0.29, 0.717) is 0 Å². The molecule has 68 valence electrons. The smallest absolute Gasteiger partial charge is 0.237 e. The second-order valence-electron chi connectivity index (χ2n) is 2.31. The van der Waals surface area contributed by atoms with E-state index in [1.165, 1.54) is 6.92 Å². The van der Waals surface area contributed by atoms with Crippen molar-refractivity contribution in [2.24, 2.45) is 11.5 Å². The topological polar surface area (TPSA) is 106 Å². The zero-order valence-corrected chi connectivity index (χ0v) is 6.74. The highest BCUT2D eigenvalue weighted by molar-refractivity contribution is 5.86. The highest BCUT2D eigenvalue weighted by Crippen LogP contribution is 1.87. The molecule has 0 bridgehead atoms. The summed E-state index contributed by atoms with van der Waals surface area (Å²) in [6.45, 7) is 0.669. The van der Waals surface area contributed by atoms with E-state index >= 15 is 0 Å². The lowest BCUT2D eigenvalue weighted by molar-refractivity contribution is -0.136. The van der Waals surface area contributed by atoms with Gasteiger partial charge in [-0.15, -0.1) is 0 Å². The Morgan fingerprint density at radius 3 is 1.58 bits per heavy atom. The van der Waals surface area contributed by atoms with Crippen LogP contribution in [-0.2, 0) is 14.4 Å². The Morgan fingerprint density at radius 1 is 1.08 bits per heavy atom. The summed E-state index contributed by atoms with van der Waals surface area (Å²) in [5, 5.41) is 0. The van der Waals surface area contributed by atoms with E-state index in [1.807, 2.05) is 0 Å². The van der Waals surface area contributed by atoms with Crippen molar-refractivity contribution in [3.05, 3.63) is 0 Å². The van der Waals surface area contributed by atoms with Gasteiger partial charge in [-0.2, -0.15) is 0 Å². The van der Waals surface area contributed by atoms with Gasteiger partial charge < -0.3 is 16.4 Å². The van der Waals surface area contributed by atoms with Crippen molar-refractivity contribution in [3.8, 4) is 0 Å². The first-order chi connectivity index (χ1) is 5.43. The van der Waals surface area contributed by atoms with E-state index in [1.54, 1.807) is 0 Å². The van der Waals surface area contributed by atoms with Crippen LogP contribution >= 0.6 is 0 Å². The summed E-state index contributed by atoms with van der Waals surface area (Å²) in [7, 11) is 0. The number of amides is 3. The van der Waals surface area contributed by atoms with Crippen molar-refractivity contribution in [2.45, 2.75) is 6.92 Å².